The summed E-state index contributed by atoms with van der Waals surface area (Å²) in [5.41, 5.74) is 3.30. The Morgan fingerprint density at radius 3 is 2.86 bits per heavy atom. The first-order chi connectivity index (χ1) is 13.7. The van der Waals surface area contributed by atoms with Gasteiger partial charge in [0.15, 0.2) is 11.5 Å². The summed E-state index contributed by atoms with van der Waals surface area (Å²) in [7, 11) is 1.98. The Kier molecular flexibility index (Phi) is 6.17. The Balaban J connectivity index is 1.40. The highest BCUT2D eigenvalue weighted by Crippen LogP contribution is 2.34. The SMILES string of the molecule is CC1CCCCN1CCNCc1cn(C)nc1-c1ccc2c(c1)OCCCO2. The van der Waals surface area contributed by atoms with Crippen LogP contribution in [0.1, 0.15) is 38.2 Å². The molecule has 0 radical (unpaired) electrons. The Morgan fingerprint density at radius 2 is 2.00 bits per heavy atom. The highest BCUT2D eigenvalue weighted by atomic mass is 16.5. The number of hydrogen-bond donors (Lipinski definition) is 1. The van der Waals surface area contributed by atoms with Crippen LogP contribution < -0.4 is 14.8 Å². The van der Waals surface area contributed by atoms with E-state index in [-0.39, 0.29) is 0 Å². The van der Waals surface area contributed by atoms with E-state index in [2.05, 4.69) is 35.5 Å². The second-order valence-corrected chi connectivity index (χ2v) is 7.95. The topological polar surface area (TPSA) is 51.6 Å². The smallest absolute Gasteiger partial charge is 0.161 e. The Hall–Kier alpha value is -2.05. The average molecular weight is 385 g/mol. The lowest BCUT2D eigenvalue weighted by Crippen LogP contribution is -2.41. The third kappa shape index (κ3) is 4.50. The summed E-state index contributed by atoms with van der Waals surface area (Å²) >= 11 is 0. The van der Waals surface area contributed by atoms with E-state index >= 15 is 0 Å². The predicted molar refractivity (Wildman–Crippen MR) is 111 cm³/mol. The van der Waals surface area contributed by atoms with E-state index in [9.17, 15) is 0 Å². The van der Waals surface area contributed by atoms with E-state index in [1.807, 2.05) is 17.8 Å². The van der Waals surface area contributed by atoms with Crippen LogP contribution in [0.15, 0.2) is 24.4 Å². The molecule has 1 unspecified atom stereocenters. The molecule has 0 saturated carbocycles. The molecule has 152 valence electrons. The molecule has 0 bridgehead atoms. The summed E-state index contributed by atoms with van der Waals surface area (Å²) in [4.78, 5) is 2.60. The van der Waals surface area contributed by atoms with Crippen LogP contribution in [0.2, 0.25) is 0 Å². The van der Waals surface area contributed by atoms with Crippen molar-refractivity contribution in [2.45, 2.75) is 45.2 Å². The highest BCUT2D eigenvalue weighted by Gasteiger charge is 2.18. The van der Waals surface area contributed by atoms with E-state index in [1.54, 1.807) is 0 Å². The molecule has 28 heavy (non-hydrogen) atoms. The van der Waals surface area contributed by atoms with E-state index in [1.165, 1.54) is 31.4 Å². The van der Waals surface area contributed by atoms with E-state index < -0.39 is 0 Å². The standard InChI is InChI=1S/C22H32N4O2/c1-17-6-3-4-10-26(17)11-9-23-15-19-16-25(2)24-22(19)18-7-8-20-21(14-18)28-13-5-12-27-20/h7-8,14,16-17,23H,3-6,9-13,15H2,1-2H3. The fourth-order valence-corrected chi connectivity index (χ4v) is 4.16. The first-order valence-corrected chi connectivity index (χ1v) is 10.6. The second kappa shape index (κ2) is 8.97. The molecule has 1 atom stereocenters. The number of aryl methyl sites for hydroxylation is 1. The number of nitrogens with zero attached hydrogens (tertiary/aromatic N) is 3. The van der Waals surface area contributed by atoms with Crippen molar-refractivity contribution in [2.75, 3.05) is 32.8 Å². The summed E-state index contributed by atoms with van der Waals surface area (Å²) in [5, 5.41) is 8.32. The van der Waals surface area contributed by atoms with Crippen LogP contribution in [-0.4, -0.2) is 53.6 Å². The molecular formula is C22H32N4O2. The van der Waals surface area contributed by atoms with Gasteiger partial charge in [-0.3, -0.25) is 9.58 Å². The summed E-state index contributed by atoms with van der Waals surface area (Å²) in [6, 6.07) is 6.85. The van der Waals surface area contributed by atoms with Gasteiger partial charge in [0, 0.05) is 56.5 Å². The number of hydrogen-bond acceptors (Lipinski definition) is 5. The van der Waals surface area contributed by atoms with Crippen molar-refractivity contribution in [1.82, 2.24) is 20.0 Å². The fourth-order valence-electron chi connectivity index (χ4n) is 4.16. The van der Waals surface area contributed by atoms with Gasteiger partial charge in [-0.15, -0.1) is 0 Å². The zero-order valence-corrected chi connectivity index (χ0v) is 17.1. The quantitative estimate of drug-likeness (QED) is 0.775. The third-order valence-corrected chi connectivity index (χ3v) is 5.76. The van der Waals surface area contributed by atoms with Crippen molar-refractivity contribution in [3.05, 3.63) is 30.0 Å². The number of aromatic nitrogens is 2. The van der Waals surface area contributed by atoms with Crippen LogP contribution in [0.3, 0.4) is 0 Å². The zero-order chi connectivity index (χ0) is 19.3. The van der Waals surface area contributed by atoms with Crippen LogP contribution >= 0.6 is 0 Å². The minimum atomic E-state index is 0.696. The summed E-state index contributed by atoms with van der Waals surface area (Å²) < 4.78 is 13.5. The minimum absolute atomic E-state index is 0.696. The van der Waals surface area contributed by atoms with Gasteiger partial charge in [-0.1, -0.05) is 6.42 Å². The van der Waals surface area contributed by atoms with Crippen molar-refractivity contribution in [2.24, 2.45) is 7.05 Å². The number of nitrogens with one attached hydrogen (secondary N) is 1. The molecule has 6 nitrogen and oxygen atoms in total. The lowest BCUT2D eigenvalue weighted by Gasteiger charge is -2.33. The minimum Gasteiger partial charge on any atom is -0.490 e. The van der Waals surface area contributed by atoms with Gasteiger partial charge in [-0.05, 0) is 44.5 Å². The van der Waals surface area contributed by atoms with E-state index in [0.717, 1.165) is 48.8 Å². The first kappa shape index (κ1) is 19.3. The Bertz CT molecular complexity index is 789. The van der Waals surface area contributed by atoms with Crippen LogP contribution in [0.4, 0.5) is 0 Å². The molecule has 4 rings (SSSR count). The lowest BCUT2D eigenvalue weighted by molar-refractivity contribution is 0.161. The molecule has 0 amide bonds. The highest BCUT2D eigenvalue weighted by molar-refractivity contribution is 5.66. The van der Waals surface area contributed by atoms with Gasteiger partial charge in [0.1, 0.15) is 0 Å². The largest absolute Gasteiger partial charge is 0.490 e. The van der Waals surface area contributed by atoms with Gasteiger partial charge in [-0.25, -0.2) is 0 Å². The van der Waals surface area contributed by atoms with Gasteiger partial charge < -0.3 is 14.8 Å². The number of rotatable bonds is 6. The summed E-state index contributed by atoms with van der Waals surface area (Å²) in [6.07, 6.45) is 7.06. The maximum Gasteiger partial charge on any atom is 0.161 e. The van der Waals surface area contributed by atoms with Crippen LogP contribution in [0, 0.1) is 0 Å². The molecule has 1 aromatic heterocycles. The summed E-state index contributed by atoms with van der Waals surface area (Å²) in [5.74, 6) is 1.64. The lowest BCUT2D eigenvalue weighted by atomic mass is 10.0. The van der Waals surface area contributed by atoms with Crippen molar-refractivity contribution < 1.29 is 9.47 Å². The maximum atomic E-state index is 5.85. The number of fused-ring (bicyclic) bond motifs is 1. The molecule has 1 aromatic carbocycles. The molecule has 3 heterocycles. The van der Waals surface area contributed by atoms with Crippen LogP contribution in [0.5, 0.6) is 11.5 Å². The van der Waals surface area contributed by atoms with Crippen molar-refractivity contribution in [3.63, 3.8) is 0 Å². The first-order valence-electron chi connectivity index (χ1n) is 10.6. The molecular weight excluding hydrogens is 352 g/mol. The number of piperidine rings is 1. The van der Waals surface area contributed by atoms with Gasteiger partial charge in [0.05, 0.1) is 18.9 Å². The number of likely N-dealkylation sites (tertiary alicyclic amines) is 1. The normalized spacial score (nSPS) is 20.1. The maximum absolute atomic E-state index is 5.85. The average Bonchev–Trinajstić information content (AvgIpc) is 2.92. The molecule has 2 aliphatic rings. The zero-order valence-electron chi connectivity index (χ0n) is 17.1. The van der Waals surface area contributed by atoms with Crippen LogP contribution in [0.25, 0.3) is 11.3 Å². The molecule has 1 N–H and O–H groups in total. The third-order valence-electron chi connectivity index (χ3n) is 5.76. The summed E-state index contributed by atoms with van der Waals surface area (Å²) in [6.45, 7) is 7.92. The van der Waals surface area contributed by atoms with E-state index in [4.69, 9.17) is 14.6 Å². The van der Waals surface area contributed by atoms with Crippen molar-refractivity contribution >= 4 is 0 Å². The van der Waals surface area contributed by atoms with Gasteiger partial charge in [0.2, 0.25) is 0 Å². The molecule has 1 fully saturated rings. The Morgan fingerprint density at radius 1 is 1.14 bits per heavy atom. The molecule has 1 saturated heterocycles. The van der Waals surface area contributed by atoms with E-state index in [0.29, 0.717) is 19.3 Å². The Labute approximate surface area is 167 Å². The van der Waals surface area contributed by atoms with Gasteiger partial charge >= 0.3 is 0 Å². The van der Waals surface area contributed by atoms with Crippen molar-refractivity contribution in [3.8, 4) is 22.8 Å². The van der Waals surface area contributed by atoms with Gasteiger partial charge in [0.25, 0.3) is 0 Å². The number of ether oxygens (including phenoxy) is 2. The van der Waals surface area contributed by atoms with Crippen LogP contribution in [-0.2, 0) is 13.6 Å². The molecule has 2 aliphatic heterocycles. The molecule has 0 aliphatic carbocycles. The van der Waals surface area contributed by atoms with Gasteiger partial charge in [-0.2, -0.15) is 5.10 Å². The number of benzene rings is 1. The predicted octanol–water partition coefficient (Wildman–Crippen LogP) is 3.21. The fraction of sp³-hybridized carbons (Fsp3) is 0.591. The molecule has 0 spiro atoms. The van der Waals surface area contributed by atoms with Crippen molar-refractivity contribution in [1.29, 1.82) is 0 Å². The molecule has 2 aromatic rings. The monoisotopic (exact) mass is 384 g/mol. The second-order valence-electron chi connectivity index (χ2n) is 7.95. The molecule has 6 heteroatoms.